The summed E-state index contributed by atoms with van der Waals surface area (Å²) in [6, 6.07) is 6.15. The summed E-state index contributed by atoms with van der Waals surface area (Å²) in [6.45, 7) is 3.99. The number of ketones is 1. The van der Waals surface area contributed by atoms with E-state index in [0.29, 0.717) is 18.6 Å². The van der Waals surface area contributed by atoms with E-state index in [2.05, 4.69) is 18.0 Å². The van der Waals surface area contributed by atoms with Crippen molar-refractivity contribution in [1.82, 2.24) is 4.98 Å². The van der Waals surface area contributed by atoms with Gasteiger partial charge in [0.15, 0.2) is 0 Å². The van der Waals surface area contributed by atoms with Gasteiger partial charge in [-0.3, -0.25) is 4.79 Å². The zero-order chi connectivity index (χ0) is 10.8. The van der Waals surface area contributed by atoms with Crippen molar-refractivity contribution in [2.24, 2.45) is 0 Å². The number of carbonyl (C=O) groups is 1. The van der Waals surface area contributed by atoms with Gasteiger partial charge in [0.05, 0.1) is 0 Å². The van der Waals surface area contributed by atoms with Crippen LogP contribution in [0.5, 0.6) is 0 Å². The van der Waals surface area contributed by atoms with Gasteiger partial charge in [-0.05, 0) is 24.1 Å². The molecule has 1 aromatic carbocycles. The number of rotatable bonds is 3. The summed E-state index contributed by atoms with van der Waals surface area (Å²) in [5, 5.41) is 1.21. The molecule has 0 bridgehead atoms. The third-order valence-electron chi connectivity index (χ3n) is 2.78. The molecule has 1 heterocycles. The van der Waals surface area contributed by atoms with Gasteiger partial charge in [0.2, 0.25) is 0 Å². The molecule has 1 aromatic heterocycles. The fourth-order valence-corrected chi connectivity index (χ4v) is 1.93. The highest BCUT2D eigenvalue weighted by Gasteiger charge is 2.08. The number of benzene rings is 1. The lowest BCUT2D eigenvalue weighted by molar-refractivity contribution is -0.118. The third kappa shape index (κ3) is 1.80. The zero-order valence-corrected chi connectivity index (χ0v) is 9.13. The molecule has 0 spiro atoms. The first-order valence-electron chi connectivity index (χ1n) is 5.29. The minimum atomic E-state index is 0.291. The Morgan fingerprint density at radius 1 is 1.40 bits per heavy atom. The molecule has 0 unspecified atom stereocenters. The minimum absolute atomic E-state index is 0.291. The average Bonchev–Trinajstić information content (AvgIpc) is 2.63. The van der Waals surface area contributed by atoms with Gasteiger partial charge in [0.1, 0.15) is 5.78 Å². The number of hydrogen-bond acceptors (Lipinski definition) is 1. The molecule has 2 heteroatoms. The van der Waals surface area contributed by atoms with Crippen LogP contribution in [0.15, 0.2) is 24.4 Å². The smallest absolute Gasteiger partial charge is 0.137 e. The fraction of sp³-hybridized carbons (Fsp3) is 0.308. The highest BCUT2D eigenvalue weighted by molar-refractivity contribution is 5.91. The zero-order valence-electron chi connectivity index (χ0n) is 9.13. The van der Waals surface area contributed by atoms with Crippen LogP contribution in [0.4, 0.5) is 0 Å². The van der Waals surface area contributed by atoms with Crippen molar-refractivity contribution < 1.29 is 4.79 Å². The van der Waals surface area contributed by atoms with Crippen molar-refractivity contribution in [3.8, 4) is 0 Å². The molecule has 1 N–H and O–H groups in total. The molecule has 78 valence electrons. The first-order chi connectivity index (χ1) is 7.22. The highest BCUT2D eigenvalue weighted by Crippen LogP contribution is 2.22. The van der Waals surface area contributed by atoms with Gasteiger partial charge in [-0.15, -0.1) is 0 Å². The lowest BCUT2D eigenvalue weighted by Gasteiger charge is -2.00. The summed E-state index contributed by atoms with van der Waals surface area (Å²) in [5.74, 6) is 0.291. The molecule has 0 fully saturated rings. The molecule has 0 aliphatic heterocycles. The molecule has 0 atom stereocenters. The van der Waals surface area contributed by atoms with E-state index in [0.717, 1.165) is 11.1 Å². The average molecular weight is 201 g/mol. The fourth-order valence-electron chi connectivity index (χ4n) is 1.93. The van der Waals surface area contributed by atoms with E-state index in [1.54, 1.807) is 0 Å². The molecule has 0 saturated heterocycles. The van der Waals surface area contributed by atoms with Crippen molar-refractivity contribution in [3.63, 3.8) is 0 Å². The van der Waals surface area contributed by atoms with Crippen molar-refractivity contribution in [2.45, 2.75) is 26.7 Å². The number of aryl methyl sites for hydroxylation is 1. The minimum Gasteiger partial charge on any atom is -0.361 e. The summed E-state index contributed by atoms with van der Waals surface area (Å²) in [7, 11) is 0. The van der Waals surface area contributed by atoms with Gasteiger partial charge in [-0.1, -0.05) is 19.1 Å². The molecule has 0 saturated carbocycles. The van der Waals surface area contributed by atoms with Crippen molar-refractivity contribution in [3.05, 3.63) is 35.5 Å². The van der Waals surface area contributed by atoms with Crippen LogP contribution >= 0.6 is 0 Å². The van der Waals surface area contributed by atoms with Gasteiger partial charge < -0.3 is 4.98 Å². The summed E-state index contributed by atoms with van der Waals surface area (Å²) < 4.78 is 0. The predicted molar refractivity (Wildman–Crippen MR) is 62.0 cm³/mol. The standard InChI is InChI=1S/C13H15NO/c1-3-11(15)7-10-8-14-12-6-4-5-9(2)13(10)12/h4-6,8,14H,3,7H2,1-2H3. The van der Waals surface area contributed by atoms with Gasteiger partial charge in [0.25, 0.3) is 0 Å². The van der Waals surface area contributed by atoms with Gasteiger partial charge in [-0.25, -0.2) is 0 Å². The molecule has 15 heavy (non-hydrogen) atoms. The molecule has 2 nitrogen and oxygen atoms in total. The number of nitrogens with one attached hydrogen (secondary N) is 1. The summed E-state index contributed by atoms with van der Waals surface area (Å²) in [5.41, 5.74) is 3.47. The van der Waals surface area contributed by atoms with E-state index in [1.807, 2.05) is 25.3 Å². The van der Waals surface area contributed by atoms with E-state index in [9.17, 15) is 4.79 Å². The Labute approximate surface area is 89.3 Å². The quantitative estimate of drug-likeness (QED) is 0.813. The number of aromatic amines is 1. The lowest BCUT2D eigenvalue weighted by atomic mass is 10.0. The number of hydrogen-bond donors (Lipinski definition) is 1. The normalized spacial score (nSPS) is 10.8. The van der Waals surface area contributed by atoms with Crippen LogP contribution in [-0.4, -0.2) is 10.8 Å². The van der Waals surface area contributed by atoms with E-state index >= 15 is 0 Å². The van der Waals surface area contributed by atoms with Crippen LogP contribution in [0.1, 0.15) is 24.5 Å². The van der Waals surface area contributed by atoms with E-state index < -0.39 is 0 Å². The predicted octanol–water partition coefficient (Wildman–Crippen LogP) is 3.00. The molecule has 0 aliphatic rings. The van der Waals surface area contributed by atoms with E-state index in [4.69, 9.17) is 0 Å². The number of Topliss-reactive ketones (excluding diaryl/α,β-unsaturated/α-hetero) is 1. The number of carbonyl (C=O) groups excluding carboxylic acids is 1. The Kier molecular flexibility index (Phi) is 2.58. The van der Waals surface area contributed by atoms with Crippen molar-refractivity contribution in [2.75, 3.05) is 0 Å². The molecule has 0 radical (unpaired) electrons. The highest BCUT2D eigenvalue weighted by atomic mass is 16.1. The Balaban J connectivity index is 2.48. The van der Waals surface area contributed by atoms with Crippen molar-refractivity contribution >= 4 is 16.7 Å². The largest absolute Gasteiger partial charge is 0.361 e. The molecule has 2 aromatic rings. The number of aromatic nitrogens is 1. The van der Waals surface area contributed by atoms with E-state index in [-0.39, 0.29) is 0 Å². The van der Waals surface area contributed by atoms with Gasteiger partial charge in [-0.2, -0.15) is 0 Å². The second kappa shape index (κ2) is 3.89. The van der Waals surface area contributed by atoms with Crippen LogP contribution < -0.4 is 0 Å². The van der Waals surface area contributed by atoms with E-state index in [1.165, 1.54) is 10.9 Å². The Morgan fingerprint density at radius 2 is 2.20 bits per heavy atom. The Bertz CT molecular complexity index is 496. The molecule has 0 aliphatic carbocycles. The maximum absolute atomic E-state index is 11.4. The Morgan fingerprint density at radius 3 is 2.93 bits per heavy atom. The molecular formula is C13H15NO. The monoisotopic (exact) mass is 201 g/mol. The van der Waals surface area contributed by atoms with Crippen LogP contribution in [-0.2, 0) is 11.2 Å². The first kappa shape index (κ1) is 9.97. The summed E-state index contributed by atoms with van der Waals surface area (Å²) in [4.78, 5) is 14.6. The lowest BCUT2D eigenvalue weighted by Crippen LogP contribution is -1.99. The van der Waals surface area contributed by atoms with Gasteiger partial charge in [0, 0.05) is 29.9 Å². The van der Waals surface area contributed by atoms with Crippen molar-refractivity contribution in [1.29, 1.82) is 0 Å². The SMILES string of the molecule is CCC(=O)Cc1c[nH]c2cccc(C)c12. The van der Waals surface area contributed by atoms with Crippen LogP contribution in [0.3, 0.4) is 0 Å². The number of fused-ring (bicyclic) bond motifs is 1. The second-order valence-corrected chi connectivity index (χ2v) is 3.88. The first-order valence-corrected chi connectivity index (χ1v) is 5.29. The third-order valence-corrected chi connectivity index (χ3v) is 2.78. The Hall–Kier alpha value is -1.57. The van der Waals surface area contributed by atoms with Gasteiger partial charge >= 0.3 is 0 Å². The summed E-state index contributed by atoms with van der Waals surface area (Å²) >= 11 is 0. The van der Waals surface area contributed by atoms with Crippen LogP contribution in [0.25, 0.3) is 10.9 Å². The summed E-state index contributed by atoms with van der Waals surface area (Å²) in [6.07, 6.45) is 3.10. The molecule has 2 rings (SSSR count). The van der Waals surface area contributed by atoms with Crippen LogP contribution in [0.2, 0.25) is 0 Å². The molecular weight excluding hydrogens is 186 g/mol. The second-order valence-electron chi connectivity index (χ2n) is 3.88. The molecule has 0 amide bonds. The maximum atomic E-state index is 11.4. The topological polar surface area (TPSA) is 32.9 Å². The van der Waals surface area contributed by atoms with Crippen LogP contribution in [0, 0.1) is 6.92 Å². The number of H-pyrrole nitrogens is 1. The maximum Gasteiger partial charge on any atom is 0.137 e.